The van der Waals surface area contributed by atoms with E-state index in [1.165, 1.54) is 6.92 Å². The van der Waals surface area contributed by atoms with Crippen molar-refractivity contribution in [1.29, 1.82) is 0 Å². The number of carbonyl (C=O) groups is 2. The van der Waals surface area contributed by atoms with Crippen LogP contribution in [0.3, 0.4) is 0 Å². The third kappa shape index (κ3) is 6.85. The number of aliphatic hydroxyl groups is 1. The summed E-state index contributed by atoms with van der Waals surface area (Å²) in [6, 6.07) is 0. The fourth-order valence-electron chi connectivity index (χ4n) is 0.998. The molecular weight excluding hydrogens is 196 g/mol. The fourth-order valence-corrected chi connectivity index (χ4v) is 0.998. The molecule has 15 heavy (non-hydrogen) atoms. The Hall–Kier alpha value is -1.16. The second-order valence-electron chi connectivity index (χ2n) is 3.53. The molecule has 1 unspecified atom stereocenters. The van der Waals surface area contributed by atoms with Crippen molar-refractivity contribution in [2.75, 3.05) is 6.61 Å². The predicted molar refractivity (Wildman–Crippen MR) is 56.3 cm³/mol. The van der Waals surface area contributed by atoms with Crippen LogP contribution in [-0.4, -0.2) is 29.6 Å². The summed E-state index contributed by atoms with van der Waals surface area (Å²) in [5.74, 6) is -0.562. The minimum Gasteiger partial charge on any atom is -0.460 e. The van der Waals surface area contributed by atoms with Gasteiger partial charge in [0.1, 0.15) is 12.4 Å². The van der Waals surface area contributed by atoms with Gasteiger partial charge < -0.3 is 9.84 Å². The Morgan fingerprint density at radius 3 is 2.53 bits per heavy atom. The summed E-state index contributed by atoms with van der Waals surface area (Å²) in [4.78, 5) is 22.1. The largest absolute Gasteiger partial charge is 0.460 e. The quantitative estimate of drug-likeness (QED) is 0.511. The molecule has 0 aliphatic carbocycles. The van der Waals surface area contributed by atoms with Gasteiger partial charge >= 0.3 is 5.97 Å². The number of carbonyl (C=O) groups excluding carboxylic acids is 2. The smallest absolute Gasteiger partial charge is 0.333 e. The molecule has 0 spiro atoms. The van der Waals surface area contributed by atoms with Gasteiger partial charge in [0, 0.05) is 18.4 Å². The highest BCUT2D eigenvalue weighted by molar-refractivity contribution is 5.87. The molecule has 0 rings (SSSR count). The molecule has 4 nitrogen and oxygen atoms in total. The first-order chi connectivity index (χ1) is 6.97. The Bertz CT molecular complexity index is 245. The lowest BCUT2D eigenvalue weighted by Gasteiger charge is -2.10. The first-order valence-corrected chi connectivity index (χ1v) is 4.99. The van der Waals surface area contributed by atoms with Crippen LogP contribution in [0.1, 0.15) is 33.1 Å². The second kappa shape index (κ2) is 7.17. The van der Waals surface area contributed by atoms with Gasteiger partial charge in [0.05, 0.1) is 6.10 Å². The normalized spacial score (nSPS) is 11.9. The number of ketones is 1. The highest BCUT2D eigenvalue weighted by Crippen LogP contribution is 2.01. The molecule has 0 radical (unpaired) electrons. The molecule has 0 amide bonds. The molecule has 0 aromatic carbocycles. The van der Waals surface area contributed by atoms with Gasteiger partial charge in [-0.1, -0.05) is 13.5 Å². The number of esters is 1. The van der Waals surface area contributed by atoms with E-state index >= 15 is 0 Å². The van der Waals surface area contributed by atoms with Gasteiger partial charge in [0.15, 0.2) is 0 Å². The third-order valence-corrected chi connectivity index (χ3v) is 1.75. The van der Waals surface area contributed by atoms with E-state index in [2.05, 4.69) is 6.58 Å². The van der Waals surface area contributed by atoms with Gasteiger partial charge in [-0.3, -0.25) is 4.79 Å². The summed E-state index contributed by atoms with van der Waals surface area (Å²) >= 11 is 0. The summed E-state index contributed by atoms with van der Waals surface area (Å²) in [5.41, 5.74) is 0.280. The van der Waals surface area contributed by atoms with Crippen LogP contribution in [-0.2, 0) is 14.3 Å². The van der Waals surface area contributed by atoms with Crippen molar-refractivity contribution in [3.63, 3.8) is 0 Å². The van der Waals surface area contributed by atoms with E-state index in [1.807, 2.05) is 6.92 Å². The highest BCUT2D eigenvalue weighted by atomic mass is 16.5. The Morgan fingerprint density at radius 2 is 2.07 bits per heavy atom. The first kappa shape index (κ1) is 13.8. The minimum absolute atomic E-state index is 0.0172. The summed E-state index contributed by atoms with van der Waals surface area (Å²) in [6.07, 6.45) is 0.340. The molecule has 1 atom stereocenters. The molecule has 0 saturated carbocycles. The lowest BCUT2D eigenvalue weighted by molar-refractivity contribution is -0.143. The fraction of sp³-hybridized carbons (Fsp3) is 0.636. The Kier molecular flexibility index (Phi) is 6.62. The van der Waals surface area contributed by atoms with Crippen LogP contribution in [0, 0.1) is 0 Å². The third-order valence-electron chi connectivity index (χ3n) is 1.75. The van der Waals surface area contributed by atoms with E-state index in [0.29, 0.717) is 6.42 Å². The maximum atomic E-state index is 11.1. The summed E-state index contributed by atoms with van der Waals surface area (Å²) in [7, 11) is 0. The number of Topliss-reactive ketones (excluding diaryl/α,β-unsaturated/α-hetero) is 1. The molecule has 1 N–H and O–H groups in total. The molecular formula is C11H18O4. The number of hydrogen-bond donors (Lipinski definition) is 1. The van der Waals surface area contributed by atoms with Gasteiger partial charge in [0.2, 0.25) is 0 Å². The van der Waals surface area contributed by atoms with Crippen LogP contribution in [0.5, 0.6) is 0 Å². The molecule has 4 heteroatoms. The van der Waals surface area contributed by atoms with Gasteiger partial charge in [-0.05, 0) is 13.3 Å². The molecule has 0 heterocycles. The lowest BCUT2D eigenvalue weighted by Crippen LogP contribution is -2.22. The molecule has 86 valence electrons. The molecule has 0 saturated heterocycles. The Morgan fingerprint density at radius 1 is 1.47 bits per heavy atom. The van der Waals surface area contributed by atoms with Crippen molar-refractivity contribution in [2.24, 2.45) is 0 Å². The molecule has 0 aromatic rings. The number of aliphatic hydroxyl groups excluding tert-OH is 1. The minimum atomic E-state index is -0.910. The summed E-state index contributed by atoms with van der Waals surface area (Å²) in [6.45, 7) is 6.67. The molecule has 0 aliphatic heterocycles. The van der Waals surface area contributed by atoms with Crippen LogP contribution >= 0.6 is 0 Å². The van der Waals surface area contributed by atoms with Gasteiger partial charge in [-0.15, -0.1) is 0 Å². The van der Waals surface area contributed by atoms with Gasteiger partial charge in [-0.25, -0.2) is 4.79 Å². The topological polar surface area (TPSA) is 63.6 Å². The summed E-state index contributed by atoms with van der Waals surface area (Å²) in [5, 5.41) is 9.35. The second-order valence-corrected chi connectivity index (χ2v) is 3.53. The van der Waals surface area contributed by atoms with Crippen molar-refractivity contribution in [2.45, 2.75) is 39.2 Å². The zero-order valence-corrected chi connectivity index (χ0v) is 9.28. The Balaban J connectivity index is 3.75. The molecule has 0 fully saturated rings. The van der Waals surface area contributed by atoms with E-state index in [-0.39, 0.29) is 24.4 Å². The Labute approximate surface area is 89.9 Å². The van der Waals surface area contributed by atoms with Crippen LogP contribution in [0.15, 0.2) is 12.2 Å². The first-order valence-electron chi connectivity index (χ1n) is 4.99. The average molecular weight is 214 g/mol. The number of ether oxygens (including phenoxy) is 1. The van der Waals surface area contributed by atoms with Crippen LogP contribution in [0.25, 0.3) is 0 Å². The maximum absolute atomic E-state index is 11.1. The van der Waals surface area contributed by atoms with E-state index < -0.39 is 12.1 Å². The van der Waals surface area contributed by atoms with Crippen molar-refractivity contribution in [3.8, 4) is 0 Å². The predicted octanol–water partition coefficient (Wildman–Crippen LogP) is 1.23. The highest BCUT2D eigenvalue weighted by Gasteiger charge is 2.12. The van der Waals surface area contributed by atoms with Crippen LogP contribution in [0.2, 0.25) is 0 Å². The molecule has 0 aromatic heterocycles. The zero-order chi connectivity index (χ0) is 11.8. The van der Waals surface area contributed by atoms with Crippen molar-refractivity contribution in [1.82, 2.24) is 0 Å². The van der Waals surface area contributed by atoms with E-state index in [9.17, 15) is 14.7 Å². The average Bonchev–Trinajstić information content (AvgIpc) is 2.14. The zero-order valence-electron chi connectivity index (χ0n) is 9.28. The van der Waals surface area contributed by atoms with Crippen molar-refractivity contribution in [3.05, 3.63) is 12.2 Å². The monoisotopic (exact) mass is 214 g/mol. The van der Waals surface area contributed by atoms with E-state index in [0.717, 1.165) is 6.42 Å². The maximum Gasteiger partial charge on any atom is 0.333 e. The summed E-state index contributed by atoms with van der Waals surface area (Å²) < 4.78 is 4.70. The van der Waals surface area contributed by atoms with Crippen LogP contribution < -0.4 is 0 Å². The lowest BCUT2D eigenvalue weighted by atomic mass is 10.1. The van der Waals surface area contributed by atoms with Crippen molar-refractivity contribution >= 4 is 11.8 Å². The number of rotatable bonds is 7. The van der Waals surface area contributed by atoms with Crippen LogP contribution in [0.4, 0.5) is 0 Å². The number of hydrogen-bond acceptors (Lipinski definition) is 4. The van der Waals surface area contributed by atoms with E-state index in [4.69, 9.17) is 4.74 Å². The SMILES string of the molecule is C=C(C)C(=O)OCC(O)CC(=O)CCC. The van der Waals surface area contributed by atoms with Crippen molar-refractivity contribution < 1.29 is 19.4 Å². The molecule has 0 bridgehead atoms. The van der Waals surface area contributed by atoms with Gasteiger partial charge in [0.25, 0.3) is 0 Å². The standard InChI is InChI=1S/C11H18O4/c1-4-5-9(12)6-10(13)7-15-11(14)8(2)3/h10,13H,2,4-7H2,1,3H3. The van der Waals surface area contributed by atoms with E-state index in [1.54, 1.807) is 0 Å². The molecule has 0 aliphatic rings. The van der Waals surface area contributed by atoms with Gasteiger partial charge in [-0.2, -0.15) is 0 Å².